The van der Waals surface area contributed by atoms with Crippen LogP contribution in [0.15, 0.2) is 36.4 Å². The molecule has 0 saturated carbocycles. The molecular formula is C16H14F2N2O. The first kappa shape index (κ1) is 14.9. The number of nitrogens with zero attached hydrogens (tertiary/aromatic N) is 1. The minimum absolute atomic E-state index is 0.0577. The van der Waals surface area contributed by atoms with Crippen LogP contribution in [0.25, 0.3) is 0 Å². The Hall–Kier alpha value is -2.45. The zero-order valence-electron chi connectivity index (χ0n) is 11.3. The molecule has 0 unspecified atom stereocenters. The third-order valence-corrected chi connectivity index (χ3v) is 2.97. The number of ether oxygens (including phenoxy) is 1. The molecule has 0 spiro atoms. The van der Waals surface area contributed by atoms with Crippen molar-refractivity contribution in [1.82, 2.24) is 0 Å². The number of benzene rings is 2. The summed E-state index contributed by atoms with van der Waals surface area (Å²) in [6.45, 7) is 0.508. The van der Waals surface area contributed by atoms with Gasteiger partial charge in [-0.15, -0.1) is 0 Å². The molecule has 0 fully saturated rings. The van der Waals surface area contributed by atoms with Crippen molar-refractivity contribution in [2.45, 2.75) is 13.0 Å². The Morgan fingerprint density at radius 1 is 1.05 bits per heavy atom. The van der Waals surface area contributed by atoms with Gasteiger partial charge in [-0.1, -0.05) is 12.1 Å². The average molecular weight is 288 g/mol. The van der Waals surface area contributed by atoms with E-state index >= 15 is 0 Å². The normalized spacial score (nSPS) is 10.2. The van der Waals surface area contributed by atoms with Gasteiger partial charge in [0.2, 0.25) is 0 Å². The molecule has 2 N–H and O–H groups in total. The third-order valence-electron chi connectivity index (χ3n) is 2.97. The fraction of sp³-hybridized carbons (Fsp3) is 0.188. The van der Waals surface area contributed by atoms with Gasteiger partial charge in [-0.05, 0) is 48.4 Å². The molecule has 0 bridgehead atoms. The minimum Gasteiger partial charge on any atom is -0.486 e. The van der Waals surface area contributed by atoms with E-state index in [4.69, 9.17) is 15.7 Å². The summed E-state index contributed by atoms with van der Waals surface area (Å²) in [7, 11) is 0. The summed E-state index contributed by atoms with van der Waals surface area (Å²) < 4.78 is 32.3. The second kappa shape index (κ2) is 6.82. The molecule has 0 aliphatic carbocycles. The van der Waals surface area contributed by atoms with Crippen LogP contribution in [-0.4, -0.2) is 6.54 Å². The lowest BCUT2D eigenvalue weighted by molar-refractivity contribution is 0.290. The number of hydrogen-bond donors (Lipinski definition) is 1. The van der Waals surface area contributed by atoms with Gasteiger partial charge in [-0.25, -0.2) is 8.78 Å². The highest BCUT2D eigenvalue weighted by Crippen LogP contribution is 2.20. The van der Waals surface area contributed by atoms with Crippen molar-refractivity contribution in [2.24, 2.45) is 5.73 Å². The standard InChI is InChI=1S/C16H14F2N2O/c17-14-3-1-12(7-13(14)9-20)10-21-16-4-2-11(5-6-19)8-15(16)18/h1-4,7-8H,5-6,10,19H2. The maximum Gasteiger partial charge on any atom is 0.165 e. The van der Waals surface area contributed by atoms with Gasteiger partial charge in [0.15, 0.2) is 11.6 Å². The molecule has 0 heterocycles. The maximum atomic E-state index is 13.8. The molecule has 0 amide bonds. The van der Waals surface area contributed by atoms with Gasteiger partial charge >= 0.3 is 0 Å². The molecule has 2 rings (SSSR count). The molecule has 0 saturated heterocycles. The summed E-state index contributed by atoms with van der Waals surface area (Å²) >= 11 is 0. The quantitative estimate of drug-likeness (QED) is 0.920. The molecule has 3 nitrogen and oxygen atoms in total. The topological polar surface area (TPSA) is 59.0 Å². The van der Waals surface area contributed by atoms with E-state index in [-0.39, 0.29) is 17.9 Å². The molecule has 5 heteroatoms. The zero-order valence-corrected chi connectivity index (χ0v) is 11.3. The summed E-state index contributed by atoms with van der Waals surface area (Å²) in [5, 5.41) is 8.75. The van der Waals surface area contributed by atoms with E-state index in [9.17, 15) is 8.78 Å². The molecule has 108 valence electrons. The first-order chi connectivity index (χ1) is 10.1. The number of halogens is 2. The van der Waals surface area contributed by atoms with Gasteiger partial charge in [0.25, 0.3) is 0 Å². The van der Waals surface area contributed by atoms with Crippen molar-refractivity contribution in [3.8, 4) is 11.8 Å². The average Bonchev–Trinajstić information content (AvgIpc) is 2.48. The largest absolute Gasteiger partial charge is 0.486 e. The van der Waals surface area contributed by atoms with Gasteiger partial charge < -0.3 is 10.5 Å². The van der Waals surface area contributed by atoms with Crippen LogP contribution >= 0.6 is 0 Å². The van der Waals surface area contributed by atoms with E-state index in [1.165, 1.54) is 30.3 Å². The summed E-state index contributed by atoms with van der Waals surface area (Å²) in [4.78, 5) is 0. The first-order valence-electron chi connectivity index (χ1n) is 6.44. The van der Waals surface area contributed by atoms with Crippen LogP contribution in [0.4, 0.5) is 8.78 Å². The Morgan fingerprint density at radius 3 is 2.48 bits per heavy atom. The van der Waals surface area contributed by atoms with E-state index < -0.39 is 11.6 Å². The fourth-order valence-electron chi connectivity index (χ4n) is 1.89. The van der Waals surface area contributed by atoms with E-state index in [1.54, 1.807) is 12.1 Å². The number of nitrogens with two attached hydrogens (primary N) is 1. The van der Waals surface area contributed by atoms with Crippen molar-refractivity contribution in [1.29, 1.82) is 5.26 Å². The van der Waals surface area contributed by atoms with Crippen molar-refractivity contribution < 1.29 is 13.5 Å². The Kier molecular flexibility index (Phi) is 4.85. The predicted octanol–water partition coefficient (Wildman–Crippen LogP) is 2.92. The van der Waals surface area contributed by atoms with Crippen molar-refractivity contribution >= 4 is 0 Å². The van der Waals surface area contributed by atoms with Crippen molar-refractivity contribution in [3.63, 3.8) is 0 Å². The molecule has 0 aliphatic rings. The Labute approximate surface area is 121 Å². The summed E-state index contributed by atoms with van der Waals surface area (Å²) in [5.41, 5.74) is 6.75. The lowest BCUT2D eigenvalue weighted by atomic mass is 10.1. The molecule has 0 atom stereocenters. The molecular weight excluding hydrogens is 274 g/mol. The van der Waals surface area contributed by atoms with Gasteiger partial charge in [0.05, 0.1) is 5.56 Å². The van der Waals surface area contributed by atoms with Gasteiger partial charge in [-0.2, -0.15) is 5.26 Å². The van der Waals surface area contributed by atoms with Crippen molar-refractivity contribution in [3.05, 3.63) is 64.7 Å². The van der Waals surface area contributed by atoms with Crippen molar-refractivity contribution in [2.75, 3.05) is 6.54 Å². The van der Waals surface area contributed by atoms with Crippen LogP contribution in [0, 0.1) is 23.0 Å². The van der Waals surface area contributed by atoms with E-state index in [2.05, 4.69) is 0 Å². The van der Waals surface area contributed by atoms with Crippen LogP contribution in [0.1, 0.15) is 16.7 Å². The van der Waals surface area contributed by atoms with Crippen LogP contribution in [-0.2, 0) is 13.0 Å². The van der Waals surface area contributed by atoms with Gasteiger partial charge in [0.1, 0.15) is 18.5 Å². The predicted molar refractivity (Wildman–Crippen MR) is 74.6 cm³/mol. The van der Waals surface area contributed by atoms with Crippen LogP contribution in [0.2, 0.25) is 0 Å². The molecule has 2 aromatic rings. The lowest BCUT2D eigenvalue weighted by Gasteiger charge is -2.09. The summed E-state index contributed by atoms with van der Waals surface area (Å²) in [5.74, 6) is -0.944. The summed E-state index contributed by atoms with van der Waals surface area (Å²) in [6, 6.07) is 10.5. The fourth-order valence-corrected chi connectivity index (χ4v) is 1.89. The van der Waals surface area contributed by atoms with Crippen LogP contribution in [0.5, 0.6) is 5.75 Å². The van der Waals surface area contributed by atoms with E-state index in [0.29, 0.717) is 18.5 Å². The lowest BCUT2D eigenvalue weighted by Crippen LogP contribution is -2.04. The first-order valence-corrected chi connectivity index (χ1v) is 6.44. The number of nitriles is 1. The minimum atomic E-state index is -0.585. The Morgan fingerprint density at radius 2 is 1.81 bits per heavy atom. The Bertz CT molecular complexity index is 680. The van der Waals surface area contributed by atoms with Crippen LogP contribution in [0.3, 0.4) is 0 Å². The van der Waals surface area contributed by atoms with E-state index in [1.807, 2.05) is 0 Å². The van der Waals surface area contributed by atoms with E-state index in [0.717, 1.165) is 5.56 Å². The van der Waals surface area contributed by atoms with Gasteiger partial charge in [0, 0.05) is 0 Å². The van der Waals surface area contributed by atoms with Crippen LogP contribution < -0.4 is 10.5 Å². The SMILES string of the molecule is N#Cc1cc(COc2ccc(CCN)cc2F)ccc1F. The summed E-state index contributed by atoms with van der Waals surface area (Å²) in [6.07, 6.45) is 0.598. The second-order valence-electron chi connectivity index (χ2n) is 4.52. The third kappa shape index (κ3) is 3.77. The second-order valence-corrected chi connectivity index (χ2v) is 4.52. The molecule has 2 aromatic carbocycles. The highest BCUT2D eigenvalue weighted by Gasteiger charge is 2.07. The molecule has 21 heavy (non-hydrogen) atoms. The maximum absolute atomic E-state index is 13.8. The molecule has 0 aliphatic heterocycles. The number of rotatable bonds is 5. The zero-order chi connectivity index (χ0) is 15.2. The molecule has 0 aromatic heterocycles. The highest BCUT2D eigenvalue weighted by atomic mass is 19.1. The smallest absolute Gasteiger partial charge is 0.165 e. The Balaban J connectivity index is 2.08. The van der Waals surface area contributed by atoms with Gasteiger partial charge in [-0.3, -0.25) is 0 Å². The molecule has 0 radical (unpaired) electrons. The number of hydrogen-bond acceptors (Lipinski definition) is 3. The monoisotopic (exact) mass is 288 g/mol. The highest BCUT2D eigenvalue weighted by molar-refractivity contribution is 5.35.